The van der Waals surface area contributed by atoms with Crippen molar-refractivity contribution in [2.24, 2.45) is 5.92 Å². The highest BCUT2D eigenvalue weighted by molar-refractivity contribution is 5.98. The molecule has 1 aromatic rings. The van der Waals surface area contributed by atoms with Crippen LogP contribution in [0.5, 0.6) is 5.75 Å². The third-order valence-corrected chi connectivity index (χ3v) is 3.56. The van der Waals surface area contributed by atoms with E-state index in [9.17, 15) is 14.9 Å². The van der Waals surface area contributed by atoms with Crippen LogP contribution in [0.25, 0.3) is 0 Å². The van der Waals surface area contributed by atoms with Crippen LogP contribution in [0.2, 0.25) is 0 Å². The SMILES string of the molecule is CC(=O)c1ccc(OCCC2CCC2)cc1[N+](=O)[O-]. The molecule has 19 heavy (non-hydrogen) atoms. The van der Waals surface area contributed by atoms with Crippen LogP contribution in [0.15, 0.2) is 18.2 Å². The third-order valence-electron chi connectivity index (χ3n) is 3.56. The molecule has 1 saturated carbocycles. The molecule has 0 spiro atoms. The van der Waals surface area contributed by atoms with Crippen LogP contribution < -0.4 is 4.74 Å². The van der Waals surface area contributed by atoms with Crippen molar-refractivity contribution < 1.29 is 14.5 Å². The number of carbonyl (C=O) groups is 1. The topological polar surface area (TPSA) is 69.4 Å². The summed E-state index contributed by atoms with van der Waals surface area (Å²) < 4.78 is 5.52. The highest BCUT2D eigenvalue weighted by Gasteiger charge is 2.19. The van der Waals surface area contributed by atoms with Crippen molar-refractivity contribution >= 4 is 11.5 Å². The maximum atomic E-state index is 11.3. The van der Waals surface area contributed by atoms with Crippen molar-refractivity contribution in [1.82, 2.24) is 0 Å². The summed E-state index contributed by atoms with van der Waals surface area (Å²) in [5.41, 5.74) is -0.0648. The molecule has 1 fully saturated rings. The predicted octanol–water partition coefficient (Wildman–Crippen LogP) is 3.37. The average Bonchev–Trinajstić information content (AvgIpc) is 2.31. The molecule has 0 atom stereocenters. The largest absolute Gasteiger partial charge is 0.493 e. The summed E-state index contributed by atoms with van der Waals surface area (Å²) in [6.07, 6.45) is 4.80. The van der Waals surface area contributed by atoms with Crippen LogP contribution >= 0.6 is 0 Å². The smallest absolute Gasteiger partial charge is 0.283 e. The van der Waals surface area contributed by atoms with E-state index in [0.717, 1.165) is 12.3 Å². The Bertz CT molecular complexity index is 494. The summed E-state index contributed by atoms with van der Waals surface area (Å²) in [6, 6.07) is 4.40. The van der Waals surface area contributed by atoms with Crippen molar-refractivity contribution in [2.75, 3.05) is 6.61 Å². The lowest BCUT2D eigenvalue weighted by atomic mass is 9.83. The molecule has 0 N–H and O–H groups in total. The Morgan fingerprint density at radius 3 is 2.74 bits per heavy atom. The van der Waals surface area contributed by atoms with Gasteiger partial charge in [-0.1, -0.05) is 19.3 Å². The molecule has 0 unspecified atom stereocenters. The first-order chi connectivity index (χ1) is 9.08. The van der Waals surface area contributed by atoms with Gasteiger partial charge in [-0.05, 0) is 31.4 Å². The van der Waals surface area contributed by atoms with Gasteiger partial charge in [0.15, 0.2) is 5.78 Å². The van der Waals surface area contributed by atoms with Gasteiger partial charge in [0.25, 0.3) is 5.69 Å². The van der Waals surface area contributed by atoms with Gasteiger partial charge in [-0.15, -0.1) is 0 Å². The van der Waals surface area contributed by atoms with E-state index in [0.29, 0.717) is 12.4 Å². The van der Waals surface area contributed by atoms with Crippen molar-refractivity contribution in [3.05, 3.63) is 33.9 Å². The Morgan fingerprint density at radius 2 is 2.21 bits per heavy atom. The Balaban J connectivity index is 2.02. The lowest BCUT2D eigenvalue weighted by Gasteiger charge is -2.24. The van der Waals surface area contributed by atoms with E-state index in [1.807, 2.05) is 0 Å². The van der Waals surface area contributed by atoms with E-state index in [1.165, 1.54) is 38.3 Å². The van der Waals surface area contributed by atoms with E-state index >= 15 is 0 Å². The number of ether oxygens (including phenoxy) is 1. The standard InChI is InChI=1S/C14H17NO4/c1-10(16)13-6-5-12(9-14(13)15(17)18)19-8-7-11-3-2-4-11/h5-6,9,11H,2-4,7-8H2,1H3. The Kier molecular flexibility index (Phi) is 4.14. The number of benzene rings is 1. The van der Waals surface area contributed by atoms with Gasteiger partial charge in [-0.2, -0.15) is 0 Å². The minimum atomic E-state index is -0.546. The second kappa shape index (κ2) is 5.82. The van der Waals surface area contributed by atoms with Gasteiger partial charge in [-0.25, -0.2) is 0 Å². The molecular weight excluding hydrogens is 246 g/mol. The second-order valence-electron chi connectivity index (χ2n) is 4.93. The predicted molar refractivity (Wildman–Crippen MR) is 70.6 cm³/mol. The Morgan fingerprint density at radius 1 is 1.47 bits per heavy atom. The number of ketones is 1. The zero-order valence-electron chi connectivity index (χ0n) is 10.9. The van der Waals surface area contributed by atoms with Crippen LogP contribution in [0.4, 0.5) is 5.69 Å². The molecule has 0 saturated heterocycles. The molecular formula is C14H17NO4. The van der Waals surface area contributed by atoms with Gasteiger partial charge >= 0.3 is 0 Å². The number of nitro benzene ring substituents is 1. The van der Waals surface area contributed by atoms with Gasteiger partial charge in [0.05, 0.1) is 23.2 Å². The minimum absolute atomic E-state index is 0.122. The molecule has 1 aromatic carbocycles. The van der Waals surface area contributed by atoms with Crippen LogP contribution in [-0.4, -0.2) is 17.3 Å². The summed E-state index contributed by atoms with van der Waals surface area (Å²) in [7, 11) is 0. The summed E-state index contributed by atoms with van der Waals surface area (Å²) in [5.74, 6) is 0.884. The molecule has 0 amide bonds. The number of hydrogen-bond donors (Lipinski definition) is 0. The molecule has 5 nitrogen and oxygen atoms in total. The minimum Gasteiger partial charge on any atom is -0.493 e. The normalized spacial score (nSPS) is 14.8. The number of nitro groups is 1. The molecule has 0 aliphatic heterocycles. The first-order valence-electron chi connectivity index (χ1n) is 6.50. The second-order valence-corrected chi connectivity index (χ2v) is 4.93. The van der Waals surface area contributed by atoms with Gasteiger partial charge < -0.3 is 4.74 Å². The lowest BCUT2D eigenvalue weighted by Crippen LogP contribution is -2.14. The summed E-state index contributed by atoms with van der Waals surface area (Å²) in [6.45, 7) is 1.89. The molecule has 0 bridgehead atoms. The monoisotopic (exact) mass is 263 g/mol. The van der Waals surface area contributed by atoms with Crippen molar-refractivity contribution in [3.8, 4) is 5.75 Å². The molecule has 2 rings (SSSR count). The zero-order valence-corrected chi connectivity index (χ0v) is 10.9. The van der Waals surface area contributed by atoms with Crippen molar-refractivity contribution in [2.45, 2.75) is 32.6 Å². The van der Waals surface area contributed by atoms with Gasteiger partial charge in [0.1, 0.15) is 5.75 Å². The van der Waals surface area contributed by atoms with Crippen LogP contribution in [0, 0.1) is 16.0 Å². The average molecular weight is 263 g/mol. The first-order valence-corrected chi connectivity index (χ1v) is 6.50. The fourth-order valence-corrected chi connectivity index (χ4v) is 2.17. The van der Waals surface area contributed by atoms with Crippen LogP contribution in [0.1, 0.15) is 43.0 Å². The maximum absolute atomic E-state index is 11.3. The highest BCUT2D eigenvalue weighted by atomic mass is 16.6. The molecule has 5 heteroatoms. The third kappa shape index (κ3) is 3.30. The molecule has 102 valence electrons. The Labute approximate surface area is 111 Å². The summed E-state index contributed by atoms with van der Waals surface area (Å²) in [4.78, 5) is 21.7. The van der Waals surface area contributed by atoms with E-state index in [1.54, 1.807) is 6.07 Å². The van der Waals surface area contributed by atoms with Gasteiger partial charge in [-0.3, -0.25) is 14.9 Å². The van der Waals surface area contributed by atoms with Crippen molar-refractivity contribution in [1.29, 1.82) is 0 Å². The van der Waals surface area contributed by atoms with Crippen molar-refractivity contribution in [3.63, 3.8) is 0 Å². The molecule has 1 aliphatic carbocycles. The molecule has 0 aromatic heterocycles. The lowest BCUT2D eigenvalue weighted by molar-refractivity contribution is -0.385. The Hall–Kier alpha value is -1.91. The fourth-order valence-electron chi connectivity index (χ4n) is 2.17. The van der Waals surface area contributed by atoms with E-state index in [-0.39, 0.29) is 17.0 Å². The first kappa shape index (κ1) is 13.5. The number of carbonyl (C=O) groups excluding carboxylic acids is 1. The van der Waals surface area contributed by atoms with E-state index < -0.39 is 4.92 Å². The summed E-state index contributed by atoms with van der Waals surface area (Å²) >= 11 is 0. The number of Topliss-reactive ketones (excluding diaryl/α,β-unsaturated/α-hetero) is 1. The van der Waals surface area contributed by atoms with E-state index in [2.05, 4.69) is 0 Å². The molecule has 1 aliphatic rings. The zero-order chi connectivity index (χ0) is 13.8. The highest BCUT2D eigenvalue weighted by Crippen LogP contribution is 2.30. The molecule has 0 heterocycles. The van der Waals surface area contributed by atoms with Crippen LogP contribution in [-0.2, 0) is 0 Å². The number of rotatable bonds is 6. The summed E-state index contributed by atoms with van der Waals surface area (Å²) in [5, 5.41) is 10.9. The van der Waals surface area contributed by atoms with Crippen LogP contribution in [0.3, 0.4) is 0 Å². The quantitative estimate of drug-likeness (QED) is 0.448. The fraction of sp³-hybridized carbons (Fsp3) is 0.500. The van der Waals surface area contributed by atoms with E-state index in [4.69, 9.17) is 4.74 Å². The van der Waals surface area contributed by atoms with Gasteiger partial charge in [0, 0.05) is 0 Å². The number of hydrogen-bond acceptors (Lipinski definition) is 4. The maximum Gasteiger partial charge on any atom is 0.283 e. The van der Waals surface area contributed by atoms with Gasteiger partial charge in [0.2, 0.25) is 0 Å². The number of nitrogens with zero attached hydrogens (tertiary/aromatic N) is 1. The molecule has 0 radical (unpaired) electrons.